The minimum Gasteiger partial charge on any atom is -0.430 e. The molecule has 2 rings (SSSR count). The molecule has 2 aliphatic rings. The zero-order valence-corrected chi connectivity index (χ0v) is 6.99. The molecule has 0 aromatic heterocycles. The Balaban J connectivity index is 1.72. The Morgan fingerprint density at radius 2 is 2.25 bits per heavy atom. The Kier molecular flexibility index (Phi) is 2.30. The van der Waals surface area contributed by atoms with E-state index >= 15 is 0 Å². The second-order valence-electron chi connectivity index (χ2n) is 3.73. The van der Waals surface area contributed by atoms with Crippen molar-refractivity contribution >= 4 is 6.47 Å². The molecule has 3 unspecified atom stereocenters. The van der Waals surface area contributed by atoms with Crippen molar-refractivity contribution in [2.24, 2.45) is 11.8 Å². The third kappa shape index (κ3) is 1.46. The van der Waals surface area contributed by atoms with Gasteiger partial charge < -0.3 is 9.47 Å². The van der Waals surface area contributed by atoms with Crippen molar-refractivity contribution in [2.75, 3.05) is 6.79 Å². The van der Waals surface area contributed by atoms with Gasteiger partial charge in [-0.25, -0.2) is 4.79 Å². The number of hydrogen-bond donors (Lipinski definition) is 0. The predicted octanol–water partition coefficient (Wildman–Crippen LogP) is 1.23. The summed E-state index contributed by atoms with van der Waals surface area (Å²) in [5.41, 5.74) is 0. The first-order chi connectivity index (χ1) is 5.90. The maximum atomic E-state index is 9.71. The van der Waals surface area contributed by atoms with Crippen molar-refractivity contribution in [1.29, 1.82) is 0 Å². The molecular formula is C9H13O3. The highest BCUT2D eigenvalue weighted by Crippen LogP contribution is 2.45. The van der Waals surface area contributed by atoms with E-state index in [2.05, 4.69) is 4.74 Å². The minimum atomic E-state index is 0.0807. The normalized spacial score (nSPS) is 38.5. The molecule has 0 amide bonds. The average Bonchev–Trinajstić information content (AvgIpc) is 2.65. The molecule has 0 heterocycles. The predicted molar refractivity (Wildman–Crippen MR) is 42.0 cm³/mol. The van der Waals surface area contributed by atoms with Gasteiger partial charge in [0.05, 0.1) is 6.10 Å². The fourth-order valence-electron chi connectivity index (χ4n) is 2.54. The van der Waals surface area contributed by atoms with Gasteiger partial charge in [0.15, 0.2) is 6.79 Å². The first-order valence-corrected chi connectivity index (χ1v) is 4.50. The lowest BCUT2D eigenvalue weighted by Crippen LogP contribution is -2.21. The maximum Gasteiger partial charge on any atom is 0.419 e. The fraction of sp³-hybridized carbons (Fsp3) is 0.889. The summed E-state index contributed by atoms with van der Waals surface area (Å²) in [5, 5.41) is 0. The second kappa shape index (κ2) is 3.44. The Morgan fingerprint density at radius 1 is 1.33 bits per heavy atom. The summed E-state index contributed by atoms with van der Waals surface area (Å²) < 4.78 is 9.77. The molecule has 0 saturated heterocycles. The van der Waals surface area contributed by atoms with Crippen molar-refractivity contribution in [3.8, 4) is 0 Å². The van der Waals surface area contributed by atoms with Crippen molar-refractivity contribution in [3.05, 3.63) is 0 Å². The topological polar surface area (TPSA) is 35.5 Å². The molecule has 2 bridgehead atoms. The van der Waals surface area contributed by atoms with Gasteiger partial charge >= 0.3 is 6.47 Å². The van der Waals surface area contributed by atoms with Crippen molar-refractivity contribution in [2.45, 2.75) is 31.8 Å². The van der Waals surface area contributed by atoms with E-state index in [-0.39, 0.29) is 6.79 Å². The fourth-order valence-corrected chi connectivity index (χ4v) is 2.54. The summed E-state index contributed by atoms with van der Waals surface area (Å²) in [6, 6.07) is 0. The summed E-state index contributed by atoms with van der Waals surface area (Å²) in [4.78, 5) is 9.71. The molecule has 0 aliphatic heterocycles. The van der Waals surface area contributed by atoms with E-state index in [0.717, 1.165) is 18.3 Å². The summed E-state index contributed by atoms with van der Waals surface area (Å²) in [6.45, 7) is 1.44. The lowest BCUT2D eigenvalue weighted by atomic mass is 9.98. The molecule has 2 aliphatic carbocycles. The number of ether oxygens (including phenoxy) is 2. The molecular weight excluding hydrogens is 156 g/mol. The van der Waals surface area contributed by atoms with Crippen molar-refractivity contribution < 1.29 is 14.3 Å². The highest BCUT2D eigenvalue weighted by Gasteiger charge is 2.40. The summed E-state index contributed by atoms with van der Waals surface area (Å²) in [7, 11) is 0. The van der Waals surface area contributed by atoms with E-state index in [1.54, 1.807) is 0 Å². The third-order valence-corrected chi connectivity index (χ3v) is 3.07. The minimum absolute atomic E-state index is 0.0807. The van der Waals surface area contributed by atoms with Gasteiger partial charge in [-0.3, -0.25) is 0 Å². The smallest absolute Gasteiger partial charge is 0.419 e. The van der Waals surface area contributed by atoms with Gasteiger partial charge in [-0.15, -0.1) is 0 Å². The van der Waals surface area contributed by atoms with Gasteiger partial charge in [0.1, 0.15) is 0 Å². The van der Waals surface area contributed by atoms with E-state index in [0.29, 0.717) is 6.10 Å². The molecule has 1 radical (unpaired) electrons. The van der Waals surface area contributed by atoms with Crippen LogP contribution in [0.2, 0.25) is 0 Å². The van der Waals surface area contributed by atoms with Gasteiger partial charge in [0.25, 0.3) is 0 Å². The van der Waals surface area contributed by atoms with Gasteiger partial charge in [-0.2, -0.15) is 0 Å². The summed E-state index contributed by atoms with van der Waals surface area (Å²) in [5.74, 6) is 1.60. The van der Waals surface area contributed by atoms with Gasteiger partial charge in [0.2, 0.25) is 0 Å². The zero-order chi connectivity index (χ0) is 8.39. The quantitative estimate of drug-likeness (QED) is 0.469. The van der Waals surface area contributed by atoms with E-state index in [1.807, 2.05) is 0 Å². The van der Waals surface area contributed by atoms with Crippen LogP contribution in [-0.4, -0.2) is 19.4 Å². The van der Waals surface area contributed by atoms with Crippen LogP contribution in [-0.2, 0) is 14.3 Å². The van der Waals surface area contributed by atoms with Crippen LogP contribution in [0, 0.1) is 11.8 Å². The highest BCUT2D eigenvalue weighted by atomic mass is 16.7. The molecule has 3 heteroatoms. The van der Waals surface area contributed by atoms with Gasteiger partial charge in [-0.05, 0) is 37.5 Å². The van der Waals surface area contributed by atoms with E-state index in [4.69, 9.17) is 4.74 Å². The molecule has 2 fully saturated rings. The van der Waals surface area contributed by atoms with Crippen LogP contribution in [0.5, 0.6) is 0 Å². The van der Waals surface area contributed by atoms with Gasteiger partial charge in [0, 0.05) is 0 Å². The Labute approximate surface area is 72.0 Å². The lowest BCUT2D eigenvalue weighted by Gasteiger charge is -2.20. The van der Waals surface area contributed by atoms with Crippen LogP contribution < -0.4 is 0 Å². The average molecular weight is 169 g/mol. The Bertz CT molecular complexity index is 169. The zero-order valence-electron chi connectivity index (χ0n) is 6.99. The SMILES string of the molecule is O=[C]OCOC1CC2CCC1C2. The van der Waals surface area contributed by atoms with Crippen LogP contribution in [0.15, 0.2) is 0 Å². The first kappa shape index (κ1) is 8.05. The Hall–Kier alpha value is -0.570. The van der Waals surface area contributed by atoms with Crippen LogP contribution in [0.4, 0.5) is 0 Å². The number of fused-ring (bicyclic) bond motifs is 2. The number of carbonyl (C=O) groups excluding carboxylic acids is 1. The van der Waals surface area contributed by atoms with E-state index in [1.165, 1.54) is 25.7 Å². The van der Waals surface area contributed by atoms with E-state index < -0.39 is 0 Å². The molecule has 0 spiro atoms. The van der Waals surface area contributed by atoms with Crippen LogP contribution in [0.1, 0.15) is 25.7 Å². The number of hydrogen-bond acceptors (Lipinski definition) is 3. The lowest BCUT2D eigenvalue weighted by molar-refractivity contribution is -0.0638. The van der Waals surface area contributed by atoms with Gasteiger partial charge in [-0.1, -0.05) is 0 Å². The van der Waals surface area contributed by atoms with Crippen molar-refractivity contribution in [3.63, 3.8) is 0 Å². The standard InChI is InChI=1S/C9H13O3/c10-5-11-6-12-9-4-7-1-2-8(9)3-7/h7-9H,1-4,6H2. The number of rotatable bonds is 4. The third-order valence-electron chi connectivity index (χ3n) is 3.07. The molecule has 3 atom stereocenters. The monoisotopic (exact) mass is 169 g/mol. The maximum absolute atomic E-state index is 9.71. The molecule has 0 N–H and O–H groups in total. The van der Waals surface area contributed by atoms with Crippen LogP contribution in [0.3, 0.4) is 0 Å². The molecule has 67 valence electrons. The molecule has 12 heavy (non-hydrogen) atoms. The first-order valence-electron chi connectivity index (χ1n) is 4.50. The summed E-state index contributed by atoms with van der Waals surface area (Å²) in [6.07, 6.45) is 5.48. The van der Waals surface area contributed by atoms with Crippen LogP contribution in [0.25, 0.3) is 0 Å². The van der Waals surface area contributed by atoms with Crippen LogP contribution >= 0.6 is 0 Å². The summed E-state index contributed by atoms with van der Waals surface area (Å²) >= 11 is 0. The molecule has 3 nitrogen and oxygen atoms in total. The largest absolute Gasteiger partial charge is 0.430 e. The highest BCUT2D eigenvalue weighted by molar-refractivity contribution is 5.37. The molecule has 0 aromatic carbocycles. The van der Waals surface area contributed by atoms with Crippen molar-refractivity contribution in [1.82, 2.24) is 0 Å². The Morgan fingerprint density at radius 3 is 2.83 bits per heavy atom. The molecule has 2 saturated carbocycles. The molecule has 0 aromatic rings. The van der Waals surface area contributed by atoms with E-state index in [9.17, 15) is 4.79 Å². The second-order valence-corrected chi connectivity index (χ2v) is 3.73.